The highest BCUT2D eigenvalue weighted by molar-refractivity contribution is 6.11. The van der Waals surface area contributed by atoms with Crippen LogP contribution in [0.15, 0.2) is 34.7 Å². The van der Waals surface area contributed by atoms with Gasteiger partial charge < -0.3 is 31.4 Å². The normalized spacial score (nSPS) is 13.8. The highest BCUT2D eigenvalue weighted by Gasteiger charge is 2.23. The van der Waals surface area contributed by atoms with Gasteiger partial charge in [0.1, 0.15) is 29.1 Å². The SMILES string of the molecule is CC.CC(=O)CC[C@H](NC(=O)c1ccc(NC(=O)CC2=C(O)CC(N)=NC2=N)cn1)C(=O)O. The van der Waals surface area contributed by atoms with Crippen LogP contribution in [-0.2, 0) is 14.4 Å². The average molecular weight is 460 g/mol. The second kappa shape index (κ2) is 12.7. The Morgan fingerprint density at radius 2 is 1.91 bits per heavy atom. The molecule has 0 spiro atoms. The van der Waals surface area contributed by atoms with Crippen molar-refractivity contribution in [1.29, 1.82) is 5.41 Å². The van der Waals surface area contributed by atoms with E-state index in [1.807, 2.05) is 13.8 Å². The van der Waals surface area contributed by atoms with E-state index in [-0.39, 0.29) is 65.9 Å². The number of carboxylic acids is 1. The van der Waals surface area contributed by atoms with Crippen molar-refractivity contribution in [3.8, 4) is 0 Å². The molecule has 0 fully saturated rings. The first-order valence-corrected chi connectivity index (χ1v) is 10.2. The van der Waals surface area contributed by atoms with Crippen molar-refractivity contribution in [1.82, 2.24) is 10.3 Å². The lowest BCUT2D eigenvalue weighted by molar-refractivity contribution is -0.139. The van der Waals surface area contributed by atoms with Gasteiger partial charge in [0.2, 0.25) is 5.91 Å². The van der Waals surface area contributed by atoms with Crippen LogP contribution in [0.5, 0.6) is 0 Å². The Morgan fingerprint density at radius 3 is 2.42 bits per heavy atom. The molecule has 1 atom stereocenters. The van der Waals surface area contributed by atoms with E-state index < -0.39 is 23.8 Å². The Bertz CT molecular complexity index is 983. The number of pyridine rings is 1. The topological polar surface area (TPSA) is 208 Å². The average Bonchev–Trinajstić information content (AvgIpc) is 2.75. The molecule has 0 unspecified atom stereocenters. The fourth-order valence-electron chi connectivity index (χ4n) is 2.66. The number of ketones is 1. The number of aliphatic imine (C=N–C) groups is 1. The molecule has 0 aliphatic carbocycles. The minimum Gasteiger partial charge on any atom is -0.511 e. The number of hydrogen-bond acceptors (Lipinski definition) is 8. The van der Waals surface area contributed by atoms with Crippen LogP contribution in [0.4, 0.5) is 5.69 Å². The van der Waals surface area contributed by atoms with E-state index in [4.69, 9.17) is 16.2 Å². The highest BCUT2D eigenvalue weighted by atomic mass is 16.4. The van der Waals surface area contributed by atoms with Gasteiger partial charge in [0.25, 0.3) is 5.91 Å². The third-order valence-corrected chi connectivity index (χ3v) is 4.24. The molecule has 1 aliphatic rings. The summed E-state index contributed by atoms with van der Waals surface area (Å²) in [4.78, 5) is 54.3. The number of carbonyl (C=O) groups is 4. The summed E-state index contributed by atoms with van der Waals surface area (Å²) in [5.74, 6) is -3.16. The summed E-state index contributed by atoms with van der Waals surface area (Å²) in [7, 11) is 0. The number of nitrogens with two attached hydrogens (primary N) is 1. The first-order chi connectivity index (χ1) is 15.6. The zero-order valence-corrected chi connectivity index (χ0v) is 18.6. The predicted molar refractivity (Wildman–Crippen MR) is 121 cm³/mol. The molecule has 12 heteroatoms. The molecule has 1 aliphatic heterocycles. The Labute approximate surface area is 190 Å². The van der Waals surface area contributed by atoms with Gasteiger partial charge in [0.05, 0.1) is 24.7 Å². The number of aliphatic hydroxyl groups is 1. The summed E-state index contributed by atoms with van der Waals surface area (Å²) >= 11 is 0. The molecule has 1 aromatic heterocycles. The van der Waals surface area contributed by atoms with E-state index in [9.17, 15) is 24.3 Å². The fourth-order valence-corrected chi connectivity index (χ4v) is 2.66. The third-order valence-electron chi connectivity index (χ3n) is 4.24. The lowest BCUT2D eigenvalue weighted by atomic mass is 10.1. The number of amides is 2. The molecule has 2 amide bonds. The van der Waals surface area contributed by atoms with E-state index in [1.54, 1.807) is 0 Å². The summed E-state index contributed by atoms with van der Waals surface area (Å²) in [5.41, 5.74) is 5.70. The lowest BCUT2D eigenvalue weighted by Gasteiger charge is -2.15. The lowest BCUT2D eigenvalue weighted by Crippen LogP contribution is -2.41. The number of carbonyl (C=O) groups excluding carboxylic acids is 3. The van der Waals surface area contributed by atoms with Crippen molar-refractivity contribution in [3.63, 3.8) is 0 Å². The molecule has 0 bridgehead atoms. The van der Waals surface area contributed by atoms with Crippen molar-refractivity contribution < 1.29 is 29.4 Å². The second-order valence-corrected chi connectivity index (χ2v) is 6.82. The molecular weight excluding hydrogens is 432 g/mol. The molecule has 0 aromatic carbocycles. The monoisotopic (exact) mass is 460 g/mol. The number of aromatic nitrogens is 1. The predicted octanol–water partition coefficient (Wildman–Crippen LogP) is 1.54. The molecule has 2 heterocycles. The van der Waals surface area contributed by atoms with Gasteiger partial charge in [-0.15, -0.1) is 0 Å². The third kappa shape index (κ3) is 8.51. The first-order valence-electron chi connectivity index (χ1n) is 10.2. The van der Waals surface area contributed by atoms with E-state index >= 15 is 0 Å². The molecular formula is C21H28N6O6. The number of dihydropyridines is 1. The number of amidine groups is 2. The maximum atomic E-state index is 12.2. The van der Waals surface area contributed by atoms with Crippen molar-refractivity contribution in [3.05, 3.63) is 35.4 Å². The van der Waals surface area contributed by atoms with E-state index in [1.165, 1.54) is 25.3 Å². The van der Waals surface area contributed by atoms with Gasteiger partial charge in [0, 0.05) is 12.0 Å². The highest BCUT2D eigenvalue weighted by Crippen LogP contribution is 2.18. The molecule has 12 nitrogen and oxygen atoms in total. The van der Waals surface area contributed by atoms with E-state index in [0.717, 1.165) is 0 Å². The summed E-state index contributed by atoms with van der Waals surface area (Å²) < 4.78 is 0. The summed E-state index contributed by atoms with van der Waals surface area (Å²) in [6.07, 6.45) is 0.823. The van der Waals surface area contributed by atoms with Crippen LogP contribution in [0.1, 0.15) is 56.9 Å². The zero-order chi connectivity index (χ0) is 25.1. The van der Waals surface area contributed by atoms with Crippen LogP contribution in [0, 0.1) is 5.41 Å². The number of aliphatic carboxylic acids is 1. The van der Waals surface area contributed by atoms with Gasteiger partial charge in [-0.25, -0.2) is 14.8 Å². The number of anilines is 1. The van der Waals surface area contributed by atoms with Crippen LogP contribution in [-0.4, -0.2) is 56.5 Å². The Balaban J connectivity index is 0.00000265. The van der Waals surface area contributed by atoms with Gasteiger partial charge in [-0.1, -0.05) is 13.8 Å². The number of nitrogens with zero attached hydrogens (tertiary/aromatic N) is 2. The number of rotatable bonds is 9. The smallest absolute Gasteiger partial charge is 0.326 e. The minimum absolute atomic E-state index is 0.0109. The molecule has 0 radical (unpaired) electrons. The minimum atomic E-state index is -1.27. The summed E-state index contributed by atoms with van der Waals surface area (Å²) in [6.45, 7) is 5.33. The van der Waals surface area contributed by atoms with Crippen LogP contribution < -0.4 is 16.4 Å². The Morgan fingerprint density at radius 1 is 1.24 bits per heavy atom. The first kappa shape index (κ1) is 26.9. The van der Waals surface area contributed by atoms with Crippen LogP contribution in [0.2, 0.25) is 0 Å². The van der Waals surface area contributed by atoms with Gasteiger partial charge in [-0.3, -0.25) is 15.0 Å². The fraction of sp³-hybridized carbons (Fsp3) is 0.381. The molecule has 7 N–H and O–H groups in total. The number of hydrogen-bond donors (Lipinski definition) is 6. The summed E-state index contributed by atoms with van der Waals surface area (Å²) in [5, 5.41) is 31.6. The number of nitrogens with one attached hydrogen (secondary N) is 3. The molecule has 0 saturated carbocycles. The second-order valence-electron chi connectivity index (χ2n) is 6.82. The van der Waals surface area contributed by atoms with E-state index in [0.29, 0.717) is 0 Å². The van der Waals surface area contributed by atoms with Gasteiger partial charge in [0.15, 0.2) is 5.84 Å². The summed E-state index contributed by atoms with van der Waals surface area (Å²) in [6, 6.07) is 1.45. The number of Topliss-reactive ketones (excluding diaryl/α,β-unsaturated/α-hetero) is 1. The standard InChI is InChI=1S/C19H22N6O6.C2H6/c1-9(26)2-4-13(19(30)31)24-18(29)12-5-3-10(8-22-12)23-16(28)6-11-14(27)7-15(20)25-17(11)21;1-2/h3,5,8,13,27H,2,4,6-7H2,1H3,(H,23,28)(H,24,29)(H,30,31)(H3,20,21,25);1-2H3/t13-;/m0./s1. The van der Waals surface area contributed by atoms with Crippen molar-refractivity contribution in [2.75, 3.05) is 5.32 Å². The molecule has 0 saturated heterocycles. The maximum Gasteiger partial charge on any atom is 0.326 e. The quantitative estimate of drug-likeness (QED) is 0.317. The largest absolute Gasteiger partial charge is 0.511 e. The molecule has 178 valence electrons. The van der Waals surface area contributed by atoms with Crippen molar-refractivity contribution >= 4 is 40.9 Å². The zero-order valence-electron chi connectivity index (χ0n) is 18.6. The molecule has 33 heavy (non-hydrogen) atoms. The number of carboxylic acid groups (broad SMARTS) is 1. The van der Waals surface area contributed by atoms with Crippen LogP contribution in [0.25, 0.3) is 0 Å². The number of aliphatic hydroxyl groups excluding tert-OH is 1. The van der Waals surface area contributed by atoms with Crippen molar-refractivity contribution in [2.24, 2.45) is 10.7 Å². The Kier molecular flexibility index (Phi) is 10.4. The van der Waals surface area contributed by atoms with E-state index in [2.05, 4.69) is 20.6 Å². The van der Waals surface area contributed by atoms with Gasteiger partial charge in [-0.2, -0.15) is 0 Å². The molecule has 1 aromatic rings. The maximum absolute atomic E-state index is 12.2. The van der Waals surface area contributed by atoms with Crippen LogP contribution >= 0.6 is 0 Å². The van der Waals surface area contributed by atoms with Gasteiger partial charge >= 0.3 is 5.97 Å². The van der Waals surface area contributed by atoms with Crippen LogP contribution in [0.3, 0.4) is 0 Å². The van der Waals surface area contributed by atoms with Gasteiger partial charge in [-0.05, 0) is 25.5 Å². The van der Waals surface area contributed by atoms with Crippen molar-refractivity contribution in [2.45, 2.75) is 52.5 Å². The Hall–Kier alpha value is -4.09. The molecule has 2 rings (SSSR count).